The second kappa shape index (κ2) is 47.6. The fourth-order valence-corrected chi connectivity index (χ4v) is 24.3. The third kappa shape index (κ3) is 26.1. The molecule has 2 N–H and O–H groups in total. The van der Waals surface area contributed by atoms with Crippen LogP contribution in [-0.4, -0.2) is 165 Å². The largest absolute Gasteiger partial charge is 0.481 e. The smallest absolute Gasteiger partial charge is 0.272 e. The number of aryl methyl sites for hydroxylation is 4. The molecular formula is C126H142N14O7. The van der Waals surface area contributed by atoms with Gasteiger partial charge >= 0.3 is 0 Å². The van der Waals surface area contributed by atoms with Gasteiger partial charge in [0.15, 0.2) is 0 Å². The first kappa shape index (κ1) is 103. The van der Waals surface area contributed by atoms with Gasteiger partial charge in [0.1, 0.15) is 34.2 Å². The van der Waals surface area contributed by atoms with Gasteiger partial charge in [0.2, 0.25) is 5.88 Å². The van der Waals surface area contributed by atoms with E-state index in [1.165, 1.54) is 110 Å². The van der Waals surface area contributed by atoms with E-state index in [0.29, 0.717) is 69.4 Å². The van der Waals surface area contributed by atoms with Crippen LogP contribution in [0.1, 0.15) is 259 Å². The summed E-state index contributed by atoms with van der Waals surface area (Å²) in [5, 5.41) is 9.27. The van der Waals surface area contributed by atoms with Crippen molar-refractivity contribution >= 4 is 58.4 Å². The van der Waals surface area contributed by atoms with Gasteiger partial charge < -0.3 is 35.0 Å². The van der Waals surface area contributed by atoms with Crippen LogP contribution < -0.4 is 15.4 Å². The van der Waals surface area contributed by atoms with E-state index in [2.05, 4.69) is 210 Å². The molecule has 0 radical (unpaired) electrons. The number of benzene rings is 5. The molecule has 4 saturated heterocycles. The summed E-state index contributed by atoms with van der Waals surface area (Å²) in [5.41, 5.74) is 19.2. The monoisotopic (exact) mass is 1960 g/mol. The molecule has 21 heteroatoms. The number of carbonyl (C=O) groups is 6. The SMILES string of the molecule is CC1CCN(C(=O)c2cccc(-c3cccnc3)n2)CC1.CCc1ccc(-c2cccc(C(=O)NC34CC5CC(CC(C5)C3)C4)n2)cc1.COc1ncccc1-c1cccc(C(=O)N2CCC(C)CC2)n1.Cc1ccc(-c2cccc(C(=O)N3CCC(C)CC3)n2)c2ccccc12.Cc1ccc(-c2cccc(C(=O)NC34CC5CC(CC(C5)C3)C4)n2)cc1.Cc1ccc(/C=C/c2cccc(C(=O)N3CCC(C)CC3)n2)cc1. The number of nitrogens with one attached hydrogen (secondary N) is 2. The molecule has 5 aromatic carbocycles. The van der Waals surface area contributed by atoms with E-state index in [9.17, 15) is 28.8 Å². The van der Waals surface area contributed by atoms with Gasteiger partial charge in [-0.05, 0) is 345 Å². The number of hydrogen-bond acceptors (Lipinski definition) is 15. The van der Waals surface area contributed by atoms with Crippen molar-refractivity contribution in [3.05, 3.63) is 329 Å². The number of methoxy groups -OCH3 is 1. The highest BCUT2D eigenvalue weighted by atomic mass is 16.5. The molecule has 25 rings (SSSR count). The summed E-state index contributed by atoms with van der Waals surface area (Å²) >= 11 is 0. The number of piperidine rings is 4. The number of aromatic nitrogens is 8. The van der Waals surface area contributed by atoms with E-state index in [1.54, 1.807) is 37.8 Å². The lowest BCUT2D eigenvalue weighted by Crippen LogP contribution is -2.59. The molecule has 13 aromatic rings. The van der Waals surface area contributed by atoms with E-state index in [0.717, 1.165) is 208 Å². The van der Waals surface area contributed by atoms with Crippen molar-refractivity contribution in [2.45, 2.75) is 201 Å². The number of carbonyl (C=O) groups excluding carboxylic acids is 6. The molecule has 0 unspecified atom stereocenters. The van der Waals surface area contributed by atoms with Gasteiger partial charge in [0.25, 0.3) is 35.4 Å². The highest BCUT2D eigenvalue weighted by Gasteiger charge is 2.53. The van der Waals surface area contributed by atoms with Gasteiger partial charge in [-0.15, -0.1) is 0 Å². The molecular weight excluding hydrogens is 1820 g/mol. The Bertz CT molecular complexity index is 6710. The highest BCUT2D eigenvalue weighted by molar-refractivity contribution is 6.00. The Kier molecular flexibility index (Phi) is 33.3. The van der Waals surface area contributed by atoms with Crippen LogP contribution in [0.5, 0.6) is 5.88 Å². The van der Waals surface area contributed by atoms with E-state index < -0.39 is 0 Å². The molecule has 6 amide bonds. The molecule has 8 bridgehead atoms. The third-order valence-electron chi connectivity index (χ3n) is 32.1. The zero-order valence-corrected chi connectivity index (χ0v) is 87.0. The first-order valence-corrected chi connectivity index (χ1v) is 53.8. The number of rotatable bonds is 17. The van der Waals surface area contributed by atoms with Crippen LogP contribution in [0, 0.1) is 80.0 Å². The number of nitrogens with zero attached hydrogens (tertiary/aromatic N) is 12. The predicted octanol–water partition coefficient (Wildman–Crippen LogP) is 25.3. The lowest BCUT2D eigenvalue weighted by atomic mass is 9.53. The molecule has 8 aliphatic carbocycles. The number of amides is 6. The Hall–Kier alpha value is -14.1. The van der Waals surface area contributed by atoms with Crippen LogP contribution in [0.25, 0.3) is 79.2 Å². The molecule has 8 saturated carbocycles. The predicted molar refractivity (Wildman–Crippen MR) is 585 cm³/mol. The Morgan fingerprint density at radius 2 is 0.707 bits per heavy atom. The third-order valence-corrected chi connectivity index (χ3v) is 32.1. The average Bonchev–Trinajstić information content (AvgIpc) is 0.747. The highest BCUT2D eigenvalue weighted by Crippen LogP contribution is 2.57. The maximum absolute atomic E-state index is 13.0. The summed E-state index contributed by atoms with van der Waals surface area (Å²) in [4.78, 5) is 120. The van der Waals surface area contributed by atoms with Crippen molar-refractivity contribution in [1.29, 1.82) is 0 Å². The Morgan fingerprint density at radius 1 is 0.347 bits per heavy atom. The van der Waals surface area contributed by atoms with Gasteiger partial charge in [-0.25, -0.2) is 34.9 Å². The molecule has 21 nitrogen and oxygen atoms in total. The normalized spacial score (nSPS) is 21.3. The number of pyridine rings is 8. The van der Waals surface area contributed by atoms with Gasteiger partial charge in [-0.2, -0.15) is 0 Å². The van der Waals surface area contributed by atoms with E-state index in [4.69, 9.17) is 9.72 Å². The van der Waals surface area contributed by atoms with Gasteiger partial charge in [-0.3, -0.25) is 33.8 Å². The van der Waals surface area contributed by atoms with Crippen molar-refractivity contribution in [3.63, 3.8) is 0 Å². The maximum atomic E-state index is 13.0. The van der Waals surface area contributed by atoms with E-state index in [-0.39, 0.29) is 46.5 Å². The second-order valence-electron chi connectivity index (χ2n) is 43.6. The van der Waals surface area contributed by atoms with Crippen molar-refractivity contribution in [3.8, 4) is 62.2 Å². The quantitative estimate of drug-likeness (QED) is 0.0860. The van der Waals surface area contributed by atoms with Crippen molar-refractivity contribution < 1.29 is 33.5 Å². The average molecular weight is 1960 g/mol. The zero-order valence-electron chi connectivity index (χ0n) is 87.0. The summed E-state index contributed by atoms with van der Waals surface area (Å²) in [7, 11) is 1.58. The fourth-order valence-electron chi connectivity index (χ4n) is 24.3. The van der Waals surface area contributed by atoms with Crippen molar-refractivity contribution in [1.82, 2.24) is 70.1 Å². The van der Waals surface area contributed by atoms with Gasteiger partial charge in [0, 0.05) is 104 Å². The molecule has 12 fully saturated rings. The lowest BCUT2D eigenvalue weighted by Gasteiger charge is -2.56. The lowest BCUT2D eigenvalue weighted by molar-refractivity contribution is -0.0171. The Balaban J connectivity index is 0.000000116. The minimum atomic E-state index is 0.000844. The van der Waals surface area contributed by atoms with Crippen molar-refractivity contribution in [2.75, 3.05) is 59.5 Å². The fraction of sp³-hybridized carbons (Fsp3) is 0.397. The van der Waals surface area contributed by atoms with Crippen molar-refractivity contribution in [2.24, 2.45) is 59.2 Å². The van der Waals surface area contributed by atoms with E-state index in [1.807, 2.05) is 153 Å². The minimum Gasteiger partial charge on any atom is -0.481 e. The molecule has 0 atom stereocenters. The summed E-state index contributed by atoms with van der Waals surface area (Å²) in [6.45, 7) is 24.0. The number of hydrogen-bond donors (Lipinski definition) is 2. The minimum absolute atomic E-state index is 0.000844. The molecule has 0 spiro atoms. The molecule has 12 aliphatic rings. The number of ether oxygens (including phenoxy) is 1. The van der Waals surface area contributed by atoms with Crippen LogP contribution in [0.3, 0.4) is 0 Å². The summed E-state index contributed by atoms with van der Waals surface area (Å²) < 4.78 is 5.28. The Labute approximate surface area is 867 Å². The topological polar surface area (TPSA) is 252 Å². The summed E-state index contributed by atoms with van der Waals surface area (Å²) in [5.74, 6) is 8.44. The first-order valence-electron chi connectivity index (χ1n) is 53.8. The Morgan fingerprint density at radius 3 is 1.12 bits per heavy atom. The molecule has 8 aromatic heterocycles. The van der Waals surface area contributed by atoms with Crippen LogP contribution in [0.15, 0.2) is 261 Å². The van der Waals surface area contributed by atoms with E-state index >= 15 is 0 Å². The number of fused-ring (bicyclic) bond motifs is 1. The van der Waals surface area contributed by atoms with Gasteiger partial charge in [-0.1, -0.05) is 197 Å². The molecule has 758 valence electrons. The summed E-state index contributed by atoms with van der Waals surface area (Å²) in [6, 6.07) is 79.3. The molecule has 12 heterocycles. The second-order valence-corrected chi connectivity index (χ2v) is 43.6. The van der Waals surface area contributed by atoms with Gasteiger partial charge in [0.05, 0.1) is 46.8 Å². The number of likely N-dealkylation sites (tertiary alicyclic amines) is 4. The molecule has 4 aliphatic heterocycles. The molecule has 147 heavy (non-hydrogen) atoms. The van der Waals surface area contributed by atoms with Crippen LogP contribution in [0.2, 0.25) is 0 Å². The first-order chi connectivity index (χ1) is 71.4. The summed E-state index contributed by atoms with van der Waals surface area (Å²) in [6.07, 6.45) is 34.1. The maximum Gasteiger partial charge on any atom is 0.272 e. The van der Waals surface area contributed by atoms with Crippen LogP contribution in [-0.2, 0) is 6.42 Å². The van der Waals surface area contributed by atoms with Crippen LogP contribution >= 0.6 is 0 Å². The standard InChI is InChI=1S/C24H28N2O.C23H26N2O.C23H24N2O.C21H24N2O.C18H21N3O2.C17H19N3O/c1-2-16-6-8-20(9-7-16)21-4-3-5-22(25-21)23(27)26-24-13-17-10-18(14-24)12-19(11-17)15-24;1-15-5-7-19(8-6-15)20-3-2-4-21(24-20)22(26)25-23-12-16-9-17(13-23)11-18(10-16)14-23;1-16-12-14-25(15-13-16)23(26)22-9-5-8-21(24-22)20-11-10-17(2)18-6-3-4-7-19(18)20;1-16-6-8-18(9-7-16)10-11-19-4-3-5-20(22-19)21(24)23-14-12-17(2)13-15-23;1-13-8-11-21(12-9-13)18(22)16-7-3-6-15(20-16)14-5-4-10-19-17(14)23-2;1-13-7-10-20(11-8-13)17(21)16-6-2-5-15(19-16)14-4-3-9-18-12-14/h3-9,17-19H,2,10-15H2,1H3,(H,26,27);2-8,16-18H,9-14H2,1H3,(H,25,26);3-11,16H,12-15H2,1-2H3;3-11,17H,12-15H2,1-2H3;3-7,10,13H,8-9,11-12H2,1-2H3;2-6,9,12-13H,7-8,10-11H2,1H3/b;;;11-10+;;. The zero-order chi connectivity index (χ0) is 102. The van der Waals surface area contributed by atoms with Crippen LogP contribution in [0.4, 0.5) is 0 Å².